The third kappa shape index (κ3) is 5.05. The topological polar surface area (TPSA) is 49.8 Å². The number of nitrogens with zero attached hydrogens (tertiary/aromatic N) is 2. The highest BCUT2D eigenvalue weighted by molar-refractivity contribution is 5.57. The lowest BCUT2D eigenvalue weighted by molar-refractivity contribution is 0.740. The number of anilines is 2. The quantitative estimate of drug-likeness (QED) is 0.667. The van der Waals surface area contributed by atoms with Crippen LogP contribution in [0.15, 0.2) is 0 Å². The first kappa shape index (κ1) is 15.7. The second kappa shape index (κ2) is 8.73. The van der Waals surface area contributed by atoms with E-state index in [1.807, 2.05) is 0 Å². The van der Waals surface area contributed by atoms with E-state index in [1.165, 1.54) is 19.3 Å². The maximum atomic E-state index is 4.64. The molecule has 0 radical (unpaired) electrons. The van der Waals surface area contributed by atoms with Crippen LogP contribution in [0.5, 0.6) is 0 Å². The minimum absolute atomic E-state index is 0.888. The van der Waals surface area contributed by atoms with Crippen molar-refractivity contribution in [2.24, 2.45) is 0 Å². The molecule has 19 heavy (non-hydrogen) atoms. The highest BCUT2D eigenvalue weighted by atomic mass is 15.1. The van der Waals surface area contributed by atoms with Crippen LogP contribution in [0, 0.1) is 6.92 Å². The average molecular weight is 264 g/mol. The van der Waals surface area contributed by atoms with Crippen molar-refractivity contribution >= 4 is 11.6 Å². The summed E-state index contributed by atoms with van der Waals surface area (Å²) in [6.45, 7) is 10.4. The molecule has 0 saturated heterocycles. The molecule has 0 aliphatic heterocycles. The van der Waals surface area contributed by atoms with Gasteiger partial charge in [0.2, 0.25) is 0 Å². The molecule has 0 atom stereocenters. The molecule has 1 rings (SSSR count). The molecule has 0 amide bonds. The Balaban J connectivity index is 2.80. The van der Waals surface area contributed by atoms with Crippen LogP contribution in [-0.4, -0.2) is 23.1 Å². The van der Waals surface area contributed by atoms with Crippen LogP contribution in [-0.2, 0) is 6.42 Å². The molecule has 1 aromatic heterocycles. The molecule has 0 unspecified atom stereocenters. The van der Waals surface area contributed by atoms with Gasteiger partial charge < -0.3 is 10.6 Å². The molecule has 4 nitrogen and oxygen atoms in total. The Kier molecular flexibility index (Phi) is 7.23. The van der Waals surface area contributed by atoms with Gasteiger partial charge in [0, 0.05) is 25.1 Å². The first-order chi connectivity index (χ1) is 9.22. The third-order valence-electron chi connectivity index (χ3n) is 3.08. The first-order valence-corrected chi connectivity index (χ1v) is 7.58. The number of aromatic nitrogens is 2. The number of unbranched alkanes of at least 4 members (excludes halogenated alkanes) is 2. The van der Waals surface area contributed by atoms with Gasteiger partial charge in [-0.05, 0) is 26.7 Å². The van der Waals surface area contributed by atoms with Crippen molar-refractivity contribution in [1.29, 1.82) is 0 Å². The summed E-state index contributed by atoms with van der Waals surface area (Å²) in [4.78, 5) is 9.23. The maximum Gasteiger partial charge on any atom is 0.134 e. The number of hydrogen-bond acceptors (Lipinski definition) is 4. The molecule has 0 aliphatic carbocycles. The largest absolute Gasteiger partial charge is 0.370 e. The number of hydrogen-bond donors (Lipinski definition) is 2. The zero-order valence-corrected chi connectivity index (χ0v) is 12.8. The van der Waals surface area contributed by atoms with Crippen molar-refractivity contribution in [2.45, 2.75) is 59.8 Å². The van der Waals surface area contributed by atoms with Crippen LogP contribution in [0.3, 0.4) is 0 Å². The van der Waals surface area contributed by atoms with Crippen LogP contribution in [0.1, 0.15) is 57.8 Å². The van der Waals surface area contributed by atoms with Crippen LogP contribution in [0.2, 0.25) is 0 Å². The summed E-state index contributed by atoms with van der Waals surface area (Å²) in [7, 11) is 0. The molecule has 0 aliphatic rings. The Morgan fingerprint density at radius 3 is 2.16 bits per heavy atom. The summed E-state index contributed by atoms with van der Waals surface area (Å²) < 4.78 is 0. The molecule has 1 heterocycles. The molecule has 108 valence electrons. The van der Waals surface area contributed by atoms with E-state index in [2.05, 4.69) is 48.3 Å². The van der Waals surface area contributed by atoms with E-state index in [0.717, 1.165) is 49.0 Å². The predicted octanol–water partition coefficient (Wildman–Crippen LogP) is 3.77. The molecule has 4 heteroatoms. The second-order valence-electron chi connectivity index (χ2n) is 4.88. The van der Waals surface area contributed by atoms with E-state index in [1.54, 1.807) is 0 Å². The van der Waals surface area contributed by atoms with Gasteiger partial charge >= 0.3 is 0 Å². The molecule has 0 fully saturated rings. The van der Waals surface area contributed by atoms with Gasteiger partial charge in [0.15, 0.2) is 0 Å². The number of nitrogens with one attached hydrogen (secondary N) is 2. The molecule has 0 aromatic carbocycles. The minimum Gasteiger partial charge on any atom is -0.370 e. The first-order valence-electron chi connectivity index (χ1n) is 7.58. The van der Waals surface area contributed by atoms with E-state index in [-0.39, 0.29) is 0 Å². The Morgan fingerprint density at radius 1 is 0.895 bits per heavy atom. The molecule has 1 aromatic rings. The Bertz CT molecular complexity index is 377. The zero-order chi connectivity index (χ0) is 14.1. The summed E-state index contributed by atoms with van der Waals surface area (Å²) >= 11 is 0. The summed E-state index contributed by atoms with van der Waals surface area (Å²) in [5, 5.41) is 6.78. The lowest BCUT2D eigenvalue weighted by atomic mass is 10.2. The molecular weight excluding hydrogens is 236 g/mol. The van der Waals surface area contributed by atoms with Gasteiger partial charge in [0.1, 0.15) is 17.5 Å². The third-order valence-corrected chi connectivity index (χ3v) is 3.08. The van der Waals surface area contributed by atoms with Crippen molar-refractivity contribution in [2.75, 3.05) is 23.7 Å². The minimum atomic E-state index is 0.888. The van der Waals surface area contributed by atoms with Gasteiger partial charge in [-0.1, -0.05) is 26.7 Å². The fourth-order valence-corrected chi connectivity index (χ4v) is 1.99. The molecule has 0 saturated carbocycles. The van der Waals surface area contributed by atoms with E-state index < -0.39 is 0 Å². The monoisotopic (exact) mass is 264 g/mol. The fourth-order valence-electron chi connectivity index (χ4n) is 1.99. The summed E-state index contributed by atoms with van der Waals surface area (Å²) in [6, 6.07) is 0. The smallest absolute Gasteiger partial charge is 0.134 e. The molecule has 0 spiro atoms. The molecular formula is C15H28N4. The van der Waals surface area contributed by atoms with Crippen molar-refractivity contribution in [3.63, 3.8) is 0 Å². The van der Waals surface area contributed by atoms with E-state index in [9.17, 15) is 0 Å². The molecule has 2 N–H and O–H groups in total. The Morgan fingerprint density at radius 2 is 1.58 bits per heavy atom. The van der Waals surface area contributed by atoms with Gasteiger partial charge in [-0.25, -0.2) is 9.97 Å². The normalized spacial score (nSPS) is 10.5. The highest BCUT2D eigenvalue weighted by Gasteiger charge is 2.09. The van der Waals surface area contributed by atoms with Crippen molar-refractivity contribution in [3.8, 4) is 0 Å². The van der Waals surface area contributed by atoms with Crippen LogP contribution in [0.25, 0.3) is 0 Å². The fraction of sp³-hybridized carbons (Fsp3) is 0.733. The summed E-state index contributed by atoms with van der Waals surface area (Å²) in [5.41, 5.74) is 1.12. The highest BCUT2D eigenvalue weighted by Crippen LogP contribution is 2.20. The summed E-state index contributed by atoms with van der Waals surface area (Å²) in [6.07, 6.45) is 5.71. The lowest BCUT2D eigenvalue weighted by Gasteiger charge is -2.14. The van der Waals surface area contributed by atoms with Crippen LogP contribution in [0.4, 0.5) is 11.6 Å². The van der Waals surface area contributed by atoms with Crippen molar-refractivity contribution in [1.82, 2.24) is 9.97 Å². The average Bonchev–Trinajstić information content (AvgIpc) is 2.40. The Hall–Kier alpha value is -1.32. The van der Waals surface area contributed by atoms with Crippen molar-refractivity contribution < 1.29 is 0 Å². The Labute approximate surface area is 117 Å². The van der Waals surface area contributed by atoms with Gasteiger partial charge in [0.05, 0.1) is 0 Å². The predicted molar refractivity (Wildman–Crippen MR) is 82.9 cm³/mol. The SMILES string of the molecule is CCCCCNc1nc(CCC)nc(NCC)c1C. The number of rotatable bonds is 9. The van der Waals surface area contributed by atoms with Gasteiger partial charge in [-0.3, -0.25) is 0 Å². The van der Waals surface area contributed by atoms with Gasteiger partial charge in [-0.2, -0.15) is 0 Å². The van der Waals surface area contributed by atoms with Crippen molar-refractivity contribution in [3.05, 3.63) is 11.4 Å². The zero-order valence-electron chi connectivity index (χ0n) is 12.8. The lowest BCUT2D eigenvalue weighted by Crippen LogP contribution is -2.12. The standard InChI is InChI=1S/C15H28N4/c1-5-8-9-11-17-15-12(4)14(16-7-3)18-13(19-15)10-6-2/h5-11H2,1-4H3,(H2,16,17,18,19). The van der Waals surface area contributed by atoms with E-state index in [4.69, 9.17) is 0 Å². The van der Waals surface area contributed by atoms with Gasteiger partial charge in [-0.15, -0.1) is 0 Å². The van der Waals surface area contributed by atoms with E-state index >= 15 is 0 Å². The maximum absolute atomic E-state index is 4.64. The van der Waals surface area contributed by atoms with Crippen LogP contribution >= 0.6 is 0 Å². The van der Waals surface area contributed by atoms with Crippen LogP contribution < -0.4 is 10.6 Å². The summed E-state index contributed by atoms with van der Waals surface area (Å²) in [5.74, 6) is 2.89. The second-order valence-corrected chi connectivity index (χ2v) is 4.88. The van der Waals surface area contributed by atoms with E-state index in [0.29, 0.717) is 0 Å². The molecule has 0 bridgehead atoms. The number of aryl methyl sites for hydroxylation is 1. The van der Waals surface area contributed by atoms with Gasteiger partial charge in [0.25, 0.3) is 0 Å².